The summed E-state index contributed by atoms with van der Waals surface area (Å²) in [7, 11) is 0.432. The second kappa shape index (κ2) is 7.20. The van der Waals surface area contributed by atoms with Gasteiger partial charge in [-0.1, -0.05) is 12.8 Å². The van der Waals surface area contributed by atoms with Crippen molar-refractivity contribution in [1.82, 2.24) is 14.0 Å². The molecule has 0 amide bonds. The highest BCUT2D eigenvalue weighted by atomic mass is 32.2. The molecule has 1 fully saturated rings. The van der Waals surface area contributed by atoms with E-state index in [0.717, 1.165) is 37.1 Å². The van der Waals surface area contributed by atoms with Gasteiger partial charge in [-0.05, 0) is 30.5 Å². The van der Waals surface area contributed by atoms with Crippen molar-refractivity contribution in [3.63, 3.8) is 0 Å². The van der Waals surface area contributed by atoms with E-state index in [4.69, 9.17) is 0 Å². The molecular weight excluding hydrogens is 288 g/mol. The highest BCUT2D eigenvalue weighted by Crippen LogP contribution is 2.14. The maximum Gasteiger partial charge on any atom is 0.279 e. The number of anilines is 1. The van der Waals surface area contributed by atoms with Gasteiger partial charge in [0.15, 0.2) is 0 Å². The smallest absolute Gasteiger partial charge is 0.279 e. The van der Waals surface area contributed by atoms with E-state index < -0.39 is 10.2 Å². The van der Waals surface area contributed by atoms with E-state index in [-0.39, 0.29) is 0 Å². The lowest BCUT2D eigenvalue weighted by atomic mass is 10.2. The van der Waals surface area contributed by atoms with Gasteiger partial charge in [0.1, 0.15) is 5.82 Å². The van der Waals surface area contributed by atoms with Crippen LogP contribution in [0.4, 0.5) is 5.82 Å². The summed E-state index contributed by atoms with van der Waals surface area (Å²) in [5.74, 6) is 0.821. The van der Waals surface area contributed by atoms with E-state index in [2.05, 4.69) is 9.71 Å². The lowest BCUT2D eigenvalue weighted by Crippen LogP contribution is -2.40. The SMILES string of the molecule is CN(C)c1cc(CNS(=O)(=O)N2CCCCCC2)ccn1. The molecule has 0 saturated carbocycles. The third-order valence-corrected chi connectivity index (χ3v) is 5.19. The van der Waals surface area contributed by atoms with E-state index in [1.807, 2.05) is 31.1 Å². The van der Waals surface area contributed by atoms with Crippen molar-refractivity contribution < 1.29 is 8.42 Å². The molecule has 6 nitrogen and oxygen atoms in total. The quantitative estimate of drug-likeness (QED) is 0.891. The summed E-state index contributed by atoms with van der Waals surface area (Å²) in [5, 5.41) is 0. The van der Waals surface area contributed by atoms with E-state index in [1.165, 1.54) is 0 Å². The Balaban J connectivity index is 1.99. The molecule has 0 aliphatic carbocycles. The summed E-state index contributed by atoms with van der Waals surface area (Å²) >= 11 is 0. The Hall–Kier alpha value is -1.18. The molecule has 0 spiro atoms. The van der Waals surface area contributed by atoms with Gasteiger partial charge >= 0.3 is 0 Å². The van der Waals surface area contributed by atoms with Crippen LogP contribution in [-0.2, 0) is 16.8 Å². The second-order valence-electron chi connectivity index (χ2n) is 5.56. The first-order valence-corrected chi connectivity index (χ1v) is 8.80. The van der Waals surface area contributed by atoms with E-state index in [1.54, 1.807) is 10.5 Å². The zero-order chi connectivity index (χ0) is 15.3. The van der Waals surface area contributed by atoms with Crippen LogP contribution in [0.15, 0.2) is 18.3 Å². The molecule has 2 heterocycles. The fourth-order valence-electron chi connectivity index (χ4n) is 2.36. The summed E-state index contributed by atoms with van der Waals surface area (Å²) in [5.41, 5.74) is 0.909. The fourth-order valence-corrected chi connectivity index (χ4v) is 3.63. The first kappa shape index (κ1) is 16.2. The Bertz CT molecular complexity index is 552. The minimum atomic E-state index is -3.39. The van der Waals surface area contributed by atoms with Crippen molar-refractivity contribution in [3.05, 3.63) is 23.9 Å². The number of nitrogens with zero attached hydrogens (tertiary/aromatic N) is 3. The van der Waals surface area contributed by atoms with Crippen LogP contribution in [0, 0.1) is 0 Å². The average molecular weight is 312 g/mol. The van der Waals surface area contributed by atoms with E-state index in [9.17, 15) is 8.42 Å². The number of aromatic nitrogens is 1. The van der Waals surface area contributed by atoms with Crippen molar-refractivity contribution in [2.75, 3.05) is 32.1 Å². The van der Waals surface area contributed by atoms with Gasteiger partial charge in [0.05, 0.1) is 0 Å². The van der Waals surface area contributed by atoms with Crippen molar-refractivity contribution >= 4 is 16.0 Å². The van der Waals surface area contributed by atoms with Gasteiger partial charge in [-0.2, -0.15) is 17.4 Å². The highest BCUT2D eigenvalue weighted by Gasteiger charge is 2.22. The Morgan fingerprint density at radius 1 is 1.24 bits per heavy atom. The molecule has 0 aromatic carbocycles. The van der Waals surface area contributed by atoms with Crippen LogP contribution in [0.3, 0.4) is 0 Å². The van der Waals surface area contributed by atoms with Crippen LogP contribution in [-0.4, -0.2) is 44.9 Å². The van der Waals surface area contributed by atoms with Gasteiger partial charge < -0.3 is 4.90 Å². The zero-order valence-corrected chi connectivity index (χ0v) is 13.6. The van der Waals surface area contributed by atoms with Crippen molar-refractivity contribution in [3.8, 4) is 0 Å². The molecule has 21 heavy (non-hydrogen) atoms. The third kappa shape index (κ3) is 4.66. The van der Waals surface area contributed by atoms with Crippen LogP contribution >= 0.6 is 0 Å². The number of hydrogen-bond acceptors (Lipinski definition) is 4. The molecule has 1 N–H and O–H groups in total. The number of rotatable bonds is 5. The minimum Gasteiger partial charge on any atom is -0.363 e. The second-order valence-corrected chi connectivity index (χ2v) is 7.31. The van der Waals surface area contributed by atoms with E-state index >= 15 is 0 Å². The first-order valence-electron chi connectivity index (χ1n) is 7.36. The molecule has 1 aromatic rings. The summed E-state index contributed by atoms with van der Waals surface area (Å²) in [6.07, 6.45) is 5.82. The largest absolute Gasteiger partial charge is 0.363 e. The summed E-state index contributed by atoms with van der Waals surface area (Å²) in [4.78, 5) is 6.12. The standard InChI is InChI=1S/C14H24N4O2S/c1-17(2)14-11-13(7-8-15-14)12-16-21(19,20)18-9-5-3-4-6-10-18/h7-8,11,16H,3-6,9-10,12H2,1-2H3. The molecule has 1 aliphatic rings. The Kier molecular flexibility index (Phi) is 5.55. The van der Waals surface area contributed by atoms with Gasteiger partial charge in [0.25, 0.3) is 10.2 Å². The Morgan fingerprint density at radius 2 is 1.90 bits per heavy atom. The molecule has 118 valence electrons. The summed E-state index contributed by atoms with van der Waals surface area (Å²) < 4.78 is 28.9. The predicted molar refractivity (Wildman–Crippen MR) is 84.4 cm³/mol. The van der Waals surface area contributed by atoms with Gasteiger partial charge in [-0.15, -0.1) is 0 Å². The van der Waals surface area contributed by atoms with Crippen LogP contribution in [0.25, 0.3) is 0 Å². The molecular formula is C14H24N4O2S. The maximum atomic E-state index is 12.3. The lowest BCUT2D eigenvalue weighted by Gasteiger charge is -2.20. The zero-order valence-electron chi connectivity index (χ0n) is 12.7. The Labute approximate surface area is 127 Å². The van der Waals surface area contributed by atoms with Gasteiger partial charge in [0.2, 0.25) is 0 Å². The van der Waals surface area contributed by atoms with Gasteiger partial charge in [-0.25, -0.2) is 4.98 Å². The van der Waals surface area contributed by atoms with Crippen molar-refractivity contribution in [2.45, 2.75) is 32.2 Å². The summed E-state index contributed by atoms with van der Waals surface area (Å²) in [6, 6.07) is 3.73. The van der Waals surface area contributed by atoms with Crippen molar-refractivity contribution in [1.29, 1.82) is 0 Å². The van der Waals surface area contributed by atoms with Crippen LogP contribution in [0.1, 0.15) is 31.2 Å². The monoisotopic (exact) mass is 312 g/mol. The highest BCUT2D eigenvalue weighted by molar-refractivity contribution is 7.87. The molecule has 0 radical (unpaired) electrons. The lowest BCUT2D eigenvalue weighted by molar-refractivity contribution is 0.414. The number of pyridine rings is 1. The molecule has 0 unspecified atom stereocenters. The topological polar surface area (TPSA) is 65.5 Å². The van der Waals surface area contributed by atoms with Crippen LogP contribution in [0.5, 0.6) is 0 Å². The molecule has 1 aliphatic heterocycles. The third-order valence-electron chi connectivity index (χ3n) is 3.63. The Morgan fingerprint density at radius 3 is 2.52 bits per heavy atom. The number of hydrogen-bond donors (Lipinski definition) is 1. The molecule has 1 aromatic heterocycles. The van der Waals surface area contributed by atoms with Crippen LogP contribution < -0.4 is 9.62 Å². The van der Waals surface area contributed by atoms with Crippen molar-refractivity contribution in [2.24, 2.45) is 0 Å². The molecule has 0 atom stereocenters. The summed E-state index contributed by atoms with van der Waals surface area (Å²) in [6.45, 7) is 1.53. The van der Waals surface area contributed by atoms with Gasteiger partial charge in [0, 0.05) is 39.9 Å². The first-order chi connectivity index (χ1) is 9.99. The molecule has 2 rings (SSSR count). The fraction of sp³-hybridized carbons (Fsp3) is 0.643. The average Bonchev–Trinajstić information content (AvgIpc) is 2.75. The normalized spacial score (nSPS) is 17.4. The maximum absolute atomic E-state index is 12.3. The molecule has 1 saturated heterocycles. The predicted octanol–water partition coefficient (Wildman–Crippen LogP) is 1.36. The van der Waals surface area contributed by atoms with E-state index in [0.29, 0.717) is 19.6 Å². The minimum absolute atomic E-state index is 0.294. The molecule has 0 bridgehead atoms. The van der Waals surface area contributed by atoms with Crippen LogP contribution in [0.2, 0.25) is 0 Å². The number of nitrogens with one attached hydrogen (secondary N) is 1. The molecule has 7 heteroatoms. The van der Waals surface area contributed by atoms with Gasteiger partial charge in [-0.3, -0.25) is 0 Å².